The fourth-order valence-corrected chi connectivity index (χ4v) is 1.97. The van der Waals surface area contributed by atoms with E-state index in [1.54, 1.807) is 12.3 Å². The Labute approximate surface area is 98.5 Å². The maximum atomic E-state index is 9.48. The van der Waals surface area contributed by atoms with E-state index in [9.17, 15) is 10.2 Å². The number of β-amino-alcohol motifs (C(OH)–C–C–N with tert-alkyl or cyclic N) is 2. The lowest BCUT2D eigenvalue weighted by Crippen LogP contribution is -2.25. The molecule has 2 heterocycles. The first-order valence-electron chi connectivity index (χ1n) is 4.95. The van der Waals surface area contributed by atoms with E-state index in [1.807, 2.05) is 11.0 Å². The topological polar surface area (TPSA) is 82.6 Å². The second-order valence-corrected chi connectivity index (χ2v) is 4.21. The van der Waals surface area contributed by atoms with Gasteiger partial charge in [-0.2, -0.15) is 0 Å². The molecule has 0 amide bonds. The molecule has 1 saturated heterocycles. The molecule has 0 saturated carbocycles. The van der Waals surface area contributed by atoms with E-state index in [0.29, 0.717) is 18.8 Å². The average molecular weight is 239 g/mol. The number of aliphatic hydroxyl groups excluding tert-OH is 2. The van der Waals surface area contributed by atoms with Crippen molar-refractivity contribution in [2.75, 3.05) is 18.0 Å². The molecule has 2 rings (SSSR count). The van der Waals surface area contributed by atoms with Crippen LogP contribution in [-0.4, -0.2) is 45.5 Å². The Bertz CT molecular complexity index is 403. The molecule has 1 aliphatic rings. The molecule has 6 heteroatoms. The van der Waals surface area contributed by atoms with E-state index in [2.05, 4.69) is 4.98 Å². The number of rotatable bonds is 2. The molecule has 1 aromatic heterocycles. The summed E-state index contributed by atoms with van der Waals surface area (Å²) in [6.07, 6.45) is 0.139. The summed E-state index contributed by atoms with van der Waals surface area (Å²) in [5, 5.41) is 19.0. The Kier molecular flexibility index (Phi) is 3.04. The minimum absolute atomic E-state index is 0.214. The van der Waals surface area contributed by atoms with Gasteiger partial charge in [0.25, 0.3) is 0 Å². The van der Waals surface area contributed by atoms with E-state index in [4.69, 9.17) is 18.0 Å². The quantitative estimate of drug-likeness (QED) is 0.590. The van der Waals surface area contributed by atoms with Crippen molar-refractivity contribution in [3.8, 4) is 0 Å². The number of aromatic nitrogens is 1. The summed E-state index contributed by atoms with van der Waals surface area (Å²) in [4.78, 5) is 6.15. The van der Waals surface area contributed by atoms with Crippen molar-refractivity contribution >= 4 is 22.9 Å². The van der Waals surface area contributed by atoms with Crippen molar-refractivity contribution in [2.45, 2.75) is 12.2 Å². The second kappa shape index (κ2) is 4.32. The van der Waals surface area contributed by atoms with Gasteiger partial charge in [-0.15, -0.1) is 0 Å². The summed E-state index contributed by atoms with van der Waals surface area (Å²) < 4.78 is 0. The van der Waals surface area contributed by atoms with Gasteiger partial charge in [0.05, 0.1) is 17.9 Å². The summed E-state index contributed by atoms with van der Waals surface area (Å²) in [6, 6.07) is 3.60. The van der Waals surface area contributed by atoms with Crippen molar-refractivity contribution in [3.63, 3.8) is 0 Å². The van der Waals surface area contributed by atoms with Crippen LogP contribution >= 0.6 is 12.2 Å². The molecule has 0 radical (unpaired) electrons. The number of anilines is 1. The van der Waals surface area contributed by atoms with Crippen molar-refractivity contribution in [1.82, 2.24) is 4.98 Å². The van der Waals surface area contributed by atoms with Gasteiger partial charge < -0.3 is 20.8 Å². The molecule has 1 aliphatic heterocycles. The highest BCUT2D eigenvalue weighted by Gasteiger charge is 2.31. The van der Waals surface area contributed by atoms with Crippen molar-refractivity contribution in [1.29, 1.82) is 0 Å². The third-order valence-electron chi connectivity index (χ3n) is 2.62. The molecule has 86 valence electrons. The van der Waals surface area contributed by atoms with Crippen LogP contribution in [0.3, 0.4) is 0 Å². The molecule has 4 N–H and O–H groups in total. The lowest BCUT2D eigenvalue weighted by atomic mass is 10.2. The number of hydrogen-bond donors (Lipinski definition) is 3. The van der Waals surface area contributed by atoms with Crippen LogP contribution in [0, 0.1) is 0 Å². The molecule has 0 spiro atoms. The molecule has 0 bridgehead atoms. The fourth-order valence-electron chi connectivity index (χ4n) is 1.81. The summed E-state index contributed by atoms with van der Waals surface area (Å²) >= 11 is 4.91. The smallest absolute Gasteiger partial charge is 0.124 e. The lowest BCUT2D eigenvalue weighted by Gasteiger charge is -2.19. The van der Waals surface area contributed by atoms with Gasteiger partial charge in [-0.25, -0.2) is 0 Å². The average Bonchev–Trinajstić information content (AvgIpc) is 2.59. The van der Waals surface area contributed by atoms with Gasteiger partial charge in [0, 0.05) is 19.3 Å². The molecule has 2 unspecified atom stereocenters. The van der Waals surface area contributed by atoms with Crippen molar-refractivity contribution in [2.24, 2.45) is 5.73 Å². The van der Waals surface area contributed by atoms with Crippen LogP contribution in [0.25, 0.3) is 0 Å². The number of nitrogens with two attached hydrogens (primary N) is 1. The van der Waals surface area contributed by atoms with Crippen LogP contribution in [-0.2, 0) is 0 Å². The van der Waals surface area contributed by atoms with Gasteiger partial charge in [0.2, 0.25) is 0 Å². The SMILES string of the molecule is NC(=S)c1ncccc1N1CC(O)C(O)C1. The predicted octanol–water partition coefficient (Wildman–Crippen LogP) is -0.742. The zero-order valence-corrected chi connectivity index (χ0v) is 9.39. The summed E-state index contributed by atoms with van der Waals surface area (Å²) in [5.41, 5.74) is 6.85. The second-order valence-electron chi connectivity index (χ2n) is 3.78. The third-order valence-corrected chi connectivity index (χ3v) is 2.81. The van der Waals surface area contributed by atoms with E-state index >= 15 is 0 Å². The number of nitrogens with zero attached hydrogens (tertiary/aromatic N) is 2. The Balaban J connectivity index is 2.31. The minimum Gasteiger partial charge on any atom is -0.389 e. The Hall–Kier alpha value is -1.24. The van der Waals surface area contributed by atoms with E-state index in [0.717, 1.165) is 5.69 Å². The summed E-state index contributed by atoms with van der Waals surface area (Å²) in [6.45, 7) is 0.727. The molecular weight excluding hydrogens is 226 g/mol. The van der Waals surface area contributed by atoms with Gasteiger partial charge in [-0.05, 0) is 12.1 Å². The molecule has 0 aliphatic carbocycles. The molecule has 2 atom stereocenters. The number of pyridine rings is 1. The maximum Gasteiger partial charge on any atom is 0.124 e. The normalized spacial score (nSPS) is 24.8. The maximum absolute atomic E-state index is 9.48. The largest absolute Gasteiger partial charge is 0.389 e. The first-order chi connectivity index (χ1) is 7.59. The molecule has 0 aromatic carbocycles. The van der Waals surface area contributed by atoms with Gasteiger partial charge in [0.1, 0.15) is 10.7 Å². The Morgan fingerprint density at radius 3 is 2.62 bits per heavy atom. The van der Waals surface area contributed by atoms with Crippen LogP contribution in [0.4, 0.5) is 5.69 Å². The minimum atomic E-state index is -0.737. The van der Waals surface area contributed by atoms with E-state index in [-0.39, 0.29) is 4.99 Å². The molecule has 1 aromatic rings. The van der Waals surface area contributed by atoms with Crippen LogP contribution in [0.5, 0.6) is 0 Å². The Morgan fingerprint density at radius 1 is 1.44 bits per heavy atom. The van der Waals surface area contributed by atoms with Crippen LogP contribution in [0.1, 0.15) is 5.69 Å². The standard InChI is InChI=1S/C10H13N3O2S/c11-10(16)9-6(2-1-3-12-9)13-4-7(14)8(15)5-13/h1-3,7-8,14-15H,4-5H2,(H2,11,16). The van der Waals surface area contributed by atoms with Gasteiger partial charge in [-0.1, -0.05) is 12.2 Å². The van der Waals surface area contributed by atoms with Crippen molar-refractivity contribution in [3.05, 3.63) is 24.0 Å². The Morgan fingerprint density at radius 2 is 2.06 bits per heavy atom. The highest BCUT2D eigenvalue weighted by atomic mass is 32.1. The molecular formula is C10H13N3O2S. The highest BCUT2D eigenvalue weighted by Crippen LogP contribution is 2.23. The predicted molar refractivity (Wildman–Crippen MR) is 64.4 cm³/mol. The van der Waals surface area contributed by atoms with Gasteiger partial charge in [0.15, 0.2) is 0 Å². The van der Waals surface area contributed by atoms with Gasteiger partial charge >= 0.3 is 0 Å². The van der Waals surface area contributed by atoms with E-state index in [1.165, 1.54) is 0 Å². The fraction of sp³-hybridized carbons (Fsp3) is 0.400. The highest BCUT2D eigenvalue weighted by molar-refractivity contribution is 7.80. The van der Waals surface area contributed by atoms with Crippen molar-refractivity contribution < 1.29 is 10.2 Å². The summed E-state index contributed by atoms with van der Waals surface area (Å²) in [5.74, 6) is 0. The van der Waals surface area contributed by atoms with E-state index < -0.39 is 12.2 Å². The zero-order chi connectivity index (χ0) is 11.7. The molecule has 5 nitrogen and oxygen atoms in total. The first-order valence-corrected chi connectivity index (χ1v) is 5.36. The molecule has 16 heavy (non-hydrogen) atoms. The molecule has 1 fully saturated rings. The lowest BCUT2D eigenvalue weighted by molar-refractivity contribution is 0.0572. The van der Waals surface area contributed by atoms with Crippen LogP contribution in [0.15, 0.2) is 18.3 Å². The first kappa shape index (κ1) is 11.3. The number of thiocarbonyl (C=S) groups is 1. The third kappa shape index (κ3) is 1.99. The number of aliphatic hydroxyl groups is 2. The monoisotopic (exact) mass is 239 g/mol. The van der Waals surface area contributed by atoms with Gasteiger partial charge in [-0.3, -0.25) is 4.98 Å². The van der Waals surface area contributed by atoms with Crippen LogP contribution < -0.4 is 10.6 Å². The number of hydrogen-bond acceptors (Lipinski definition) is 5. The zero-order valence-electron chi connectivity index (χ0n) is 8.58. The van der Waals surface area contributed by atoms with Crippen LogP contribution in [0.2, 0.25) is 0 Å². The summed E-state index contributed by atoms with van der Waals surface area (Å²) in [7, 11) is 0.